The molecule has 8 nitrogen and oxygen atoms in total. The number of benzene rings is 1. The summed E-state index contributed by atoms with van der Waals surface area (Å²) >= 11 is 5.84. The summed E-state index contributed by atoms with van der Waals surface area (Å²) in [4.78, 5) is 10.2. The zero-order chi connectivity index (χ0) is 14.8. The van der Waals surface area contributed by atoms with Crippen molar-refractivity contribution >= 4 is 38.6 Å². The molecule has 20 heavy (non-hydrogen) atoms. The van der Waals surface area contributed by atoms with Gasteiger partial charge in [0.1, 0.15) is 4.90 Å². The van der Waals surface area contributed by atoms with Crippen LogP contribution < -0.4 is 4.72 Å². The second kappa shape index (κ2) is 5.73. The molecule has 108 valence electrons. The number of carboxylic acid groups (broad SMARTS) is 1. The van der Waals surface area contributed by atoms with Gasteiger partial charge in [0.05, 0.1) is 5.02 Å². The first-order chi connectivity index (χ1) is 9.42. The Balaban J connectivity index is 2.22. The Hall–Kier alpha value is -1.71. The Morgan fingerprint density at radius 2 is 2.05 bits per heavy atom. The Bertz CT molecular complexity index is 742. The Kier molecular flexibility index (Phi) is 4.21. The molecule has 1 aromatic carbocycles. The number of nitrogens with zero attached hydrogens (tertiary/aromatic N) is 2. The number of nitrogens with one attached hydrogen (secondary N) is 1. The largest absolute Gasteiger partial charge is 0.481 e. The summed E-state index contributed by atoms with van der Waals surface area (Å²) < 4.78 is 31.0. The van der Waals surface area contributed by atoms with Gasteiger partial charge in [0.25, 0.3) is 0 Å². The number of hydrogen-bond donors (Lipinski definition) is 2. The van der Waals surface area contributed by atoms with Gasteiger partial charge in [0.15, 0.2) is 11.0 Å². The van der Waals surface area contributed by atoms with Crippen molar-refractivity contribution in [2.45, 2.75) is 17.7 Å². The van der Waals surface area contributed by atoms with Crippen molar-refractivity contribution in [3.8, 4) is 0 Å². The maximum absolute atomic E-state index is 12.1. The highest BCUT2D eigenvalue weighted by molar-refractivity contribution is 7.89. The molecular formula is C10H10ClN3O5S. The van der Waals surface area contributed by atoms with Gasteiger partial charge < -0.3 is 5.11 Å². The van der Waals surface area contributed by atoms with Crippen molar-refractivity contribution in [1.82, 2.24) is 15.0 Å². The van der Waals surface area contributed by atoms with Crippen LogP contribution in [0.15, 0.2) is 21.7 Å². The lowest BCUT2D eigenvalue weighted by Gasteiger charge is -2.06. The third-order valence-electron chi connectivity index (χ3n) is 2.48. The molecule has 0 atom stereocenters. The number of fused-ring (bicyclic) bond motifs is 1. The van der Waals surface area contributed by atoms with E-state index in [1.165, 1.54) is 12.1 Å². The topological polar surface area (TPSA) is 122 Å². The first kappa shape index (κ1) is 14.7. The molecule has 1 aromatic heterocycles. The number of rotatable bonds is 6. The van der Waals surface area contributed by atoms with E-state index in [0.717, 1.165) is 0 Å². The van der Waals surface area contributed by atoms with Crippen molar-refractivity contribution in [2.24, 2.45) is 0 Å². The highest BCUT2D eigenvalue weighted by Gasteiger charge is 2.21. The van der Waals surface area contributed by atoms with Crippen LogP contribution in [-0.4, -0.2) is 36.4 Å². The smallest absolute Gasteiger partial charge is 0.303 e. The highest BCUT2D eigenvalue weighted by Crippen LogP contribution is 2.26. The number of aromatic nitrogens is 2. The van der Waals surface area contributed by atoms with Gasteiger partial charge >= 0.3 is 5.97 Å². The minimum atomic E-state index is -3.84. The molecule has 0 radical (unpaired) electrons. The van der Waals surface area contributed by atoms with E-state index in [1.54, 1.807) is 0 Å². The van der Waals surface area contributed by atoms with Gasteiger partial charge in [-0.05, 0) is 28.9 Å². The fraction of sp³-hybridized carbons (Fsp3) is 0.300. The summed E-state index contributed by atoms with van der Waals surface area (Å²) in [5, 5.41) is 15.8. The fourth-order valence-electron chi connectivity index (χ4n) is 1.55. The Labute approximate surface area is 118 Å². The summed E-state index contributed by atoms with van der Waals surface area (Å²) in [7, 11) is -3.84. The molecule has 0 fully saturated rings. The minimum absolute atomic E-state index is 0.00400. The van der Waals surface area contributed by atoms with Crippen LogP contribution in [0.4, 0.5) is 0 Å². The number of sulfonamides is 1. The molecule has 10 heteroatoms. The number of carboxylic acids is 1. The molecule has 0 spiro atoms. The van der Waals surface area contributed by atoms with Gasteiger partial charge in [0.2, 0.25) is 10.0 Å². The normalized spacial score (nSPS) is 11.8. The molecule has 0 amide bonds. The zero-order valence-electron chi connectivity index (χ0n) is 10.0. The van der Waals surface area contributed by atoms with Crippen LogP contribution in [0.2, 0.25) is 5.02 Å². The van der Waals surface area contributed by atoms with Crippen molar-refractivity contribution in [2.75, 3.05) is 6.54 Å². The van der Waals surface area contributed by atoms with Gasteiger partial charge in [-0.25, -0.2) is 17.8 Å². The highest BCUT2D eigenvalue weighted by atomic mass is 35.5. The third kappa shape index (κ3) is 3.06. The molecule has 2 rings (SSSR count). The molecule has 0 saturated carbocycles. The number of hydrogen-bond acceptors (Lipinski definition) is 6. The van der Waals surface area contributed by atoms with Crippen LogP contribution >= 0.6 is 11.6 Å². The van der Waals surface area contributed by atoms with Crippen LogP contribution in [0, 0.1) is 0 Å². The van der Waals surface area contributed by atoms with Gasteiger partial charge in [-0.3, -0.25) is 4.79 Å². The Morgan fingerprint density at radius 1 is 1.35 bits per heavy atom. The van der Waals surface area contributed by atoms with E-state index in [0.29, 0.717) is 0 Å². The molecule has 0 aliphatic carbocycles. The van der Waals surface area contributed by atoms with Crippen LogP contribution in [-0.2, 0) is 14.8 Å². The zero-order valence-corrected chi connectivity index (χ0v) is 11.6. The number of halogens is 1. The standard InChI is InChI=1S/C10H10ClN3O5S/c11-6-3-4-7(10-9(6)13-19-14-10)20(17,18)12-5-1-2-8(15)16/h3-4,12H,1-2,5H2,(H,15,16). The van der Waals surface area contributed by atoms with E-state index >= 15 is 0 Å². The van der Waals surface area contributed by atoms with Crippen molar-refractivity contribution < 1.29 is 22.9 Å². The third-order valence-corrected chi connectivity index (χ3v) is 4.28. The maximum Gasteiger partial charge on any atom is 0.303 e. The molecule has 0 aliphatic rings. The van der Waals surface area contributed by atoms with Gasteiger partial charge in [0, 0.05) is 13.0 Å². The lowest BCUT2D eigenvalue weighted by atomic mass is 10.3. The molecule has 2 N–H and O–H groups in total. The van der Waals surface area contributed by atoms with Crippen molar-refractivity contribution in [3.05, 3.63) is 17.2 Å². The fourth-order valence-corrected chi connectivity index (χ4v) is 2.95. The molecule has 1 heterocycles. The van der Waals surface area contributed by atoms with Crippen LogP contribution in [0.3, 0.4) is 0 Å². The molecular weight excluding hydrogens is 310 g/mol. The van der Waals surface area contributed by atoms with Crippen LogP contribution in [0.5, 0.6) is 0 Å². The number of carbonyl (C=O) groups is 1. The quantitative estimate of drug-likeness (QED) is 0.762. The monoisotopic (exact) mass is 319 g/mol. The second-order valence-corrected chi connectivity index (χ2v) is 6.04. The summed E-state index contributed by atoms with van der Waals surface area (Å²) in [5.41, 5.74) is 0.184. The maximum atomic E-state index is 12.1. The van der Waals surface area contributed by atoms with E-state index in [1.807, 2.05) is 0 Å². The summed E-state index contributed by atoms with van der Waals surface area (Å²) in [6.45, 7) is 0.00400. The first-order valence-electron chi connectivity index (χ1n) is 5.54. The average molecular weight is 320 g/mol. The lowest BCUT2D eigenvalue weighted by molar-refractivity contribution is -0.137. The van der Waals surface area contributed by atoms with Gasteiger partial charge in [-0.1, -0.05) is 11.6 Å². The SMILES string of the molecule is O=C(O)CCCNS(=O)(=O)c1ccc(Cl)c2nonc12. The van der Waals surface area contributed by atoms with E-state index in [4.69, 9.17) is 16.7 Å². The van der Waals surface area contributed by atoms with Crippen molar-refractivity contribution in [3.63, 3.8) is 0 Å². The van der Waals surface area contributed by atoms with Gasteiger partial charge in [-0.2, -0.15) is 0 Å². The van der Waals surface area contributed by atoms with E-state index in [9.17, 15) is 13.2 Å². The Morgan fingerprint density at radius 3 is 2.75 bits per heavy atom. The number of aliphatic carboxylic acids is 1. The lowest BCUT2D eigenvalue weighted by Crippen LogP contribution is -2.25. The molecule has 2 aromatic rings. The van der Waals surface area contributed by atoms with E-state index in [2.05, 4.69) is 19.7 Å². The average Bonchev–Trinajstić information content (AvgIpc) is 2.84. The molecule has 0 bridgehead atoms. The second-order valence-electron chi connectivity index (χ2n) is 3.90. The summed E-state index contributed by atoms with van der Waals surface area (Å²) in [6, 6.07) is 2.66. The predicted octanol–water partition coefficient (Wildman–Crippen LogP) is 1.02. The summed E-state index contributed by atoms with van der Waals surface area (Å²) in [6.07, 6.45) is 0.0619. The van der Waals surface area contributed by atoms with Gasteiger partial charge in [-0.15, -0.1) is 0 Å². The molecule has 0 unspecified atom stereocenters. The van der Waals surface area contributed by atoms with E-state index < -0.39 is 16.0 Å². The van der Waals surface area contributed by atoms with Crippen LogP contribution in [0.25, 0.3) is 11.0 Å². The van der Waals surface area contributed by atoms with Crippen molar-refractivity contribution in [1.29, 1.82) is 0 Å². The minimum Gasteiger partial charge on any atom is -0.481 e. The van der Waals surface area contributed by atoms with Crippen LogP contribution in [0.1, 0.15) is 12.8 Å². The predicted molar refractivity (Wildman–Crippen MR) is 68.9 cm³/mol. The molecule has 0 saturated heterocycles. The first-order valence-corrected chi connectivity index (χ1v) is 7.40. The summed E-state index contributed by atoms with van der Waals surface area (Å²) in [5.74, 6) is -0.987. The van der Waals surface area contributed by atoms with E-state index in [-0.39, 0.29) is 40.3 Å². The molecule has 0 aliphatic heterocycles.